The molecule has 3 rings (SSSR count). The zero-order valence-corrected chi connectivity index (χ0v) is 11.8. The molecule has 4 N–H and O–H groups in total. The third kappa shape index (κ3) is 2.31. The molecule has 0 aromatic carbocycles. The molecule has 1 fully saturated rings. The summed E-state index contributed by atoms with van der Waals surface area (Å²) in [6, 6.07) is 0. The number of ether oxygens (including phenoxy) is 1. The molecule has 8 heteroatoms. The largest absolute Gasteiger partial charge is 0.387 e. The number of anilines is 1. The molecule has 1 aliphatic rings. The van der Waals surface area contributed by atoms with E-state index in [9.17, 15) is 10.2 Å². The lowest BCUT2D eigenvalue weighted by molar-refractivity contribution is -0.0244. The Bertz CT molecular complexity index is 776. The summed E-state index contributed by atoms with van der Waals surface area (Å²) in [4.78, 5) is 12.1. The van der Waals surface area contributed by atoms with Crippen molar-refractivity contribution < 1.29 is 14.9 Å². The van der Waals surface area contributed by atoms with Gasteiger partial charge in [0.25, 0.3) is 0 Å². The van der Waals surface area contributed by atoms with Crippen LogP contribution in [0.2, 0.25) is 0 Å². The Kier molecular flexibility index (Phi) is 3.77. The van der Waals surface area contributed by atoms with Crippen molar-refractivity contribution in [2.45, 2.75) is 31.5 Å². The second-order valence-corrected chi connectivity index (χ2v) is 4.81. The predicted octanol–water partition coefficient (Wildman–Crippen LogP) is -0.393. The Hall–Kier alpha value is -2.47. The van der Waals surface area contributed by atoms with Crippen LogP contribution in [0, 0.1) is 11.8 Å². The number of rotatable bonds is 2. The van der Waals surface area contributed by atoms with Gasteiger partial charge in [-0.3, -0.25) is 4.57 Å². The summed E-state index contributed by atoms with van der Waals surface area (Å²) in [5.41, 5.74) is 6.58. The summed E-state index contributed by atoms with van der Waals surface area (Å²) >= 11 is 0. The van der Waals surface area contributed by atoms with Gasteiger partial charge in [0.2, 0.25) is 0 Å². The van der Waals surface area contributed by atoms with Crippen LogP contribution in [0.4, 0.5) is 5.82 Å². The van der Waals surface area contributed by atoms with Crippen LogP contribution in [0.1, 0.15) is 13.2 Å². The van der Waals surface area contributed by atoms with E-state index in [4.69, 9.17) is 10.5 Å². The molecule has 8 nitrogen and oxygen atoms in total. The molecule has 0 spiro atoms. The van der Waals surface area contributed by atoms with Crippen molar-refractivity contribution in [3.05, 3.63) is 24.8 Å². The van der Waals surface area contributed by atoms with Gasteiger partial charge in [-0.1, -0.05) is 5.92 Å². The zero-order chi connectivity index (χ0) is 15.7. The van der Waals surface area contributed by atoms with Gasteiger partial charge in [-0.2, -0.15) is 0 Å². The van der Waals surface area contributed by atoms with Crippen LogP contribution in [-0.2, 0) is 4.74 Å². The van der Waals surface area contributed by atoms with Crippen LogP contribution in [0.15, 0.2) is 24.8 Å². The van der Waals surface area contributed by atoms with E-state index in [1.54, 1.807) is 19.1 Å². The molecule has 0 aliphatic carbocycles. The highest BCUT2D eigenvalue weighted by atomic mass is 16.6. The Morgan fingerprint density at radius 1 is 1.32 bits per heavy atom. The van der Waals surface area contributed by atoms with E-state index >= 15 is 0 Å². The third-order valence-electron chi connectivity index (χ3n) is 3.45. The van der Waals surface area contributed by atoms with Crippen LogP contribution < -0.4 is 5.73 Å². The number of allylic oxidation sites excluding steroid dienone is 1. The topological polar surface area (TPSA) is 119 Å². The van der Waals surface area contributed by atoms with Crippen molar-refractivity contribution in [2.24, 2.45) is 0 Å². The fraction of sp³-hybridized carbons (Fsp3) is 0.357. The molecule has 4 atom stereocenters. The summed E-state index contributed by atoms with van der Waals surface area (Å²) in [5.74, 6) is 5.68. The average Bonchev–Trinajstić information content (AvgIpc) is 3.05. The highest BCUT2D eigenvalue weighted by Gasteiger charge is 2.43. The first-order valence-corrected chi connectivity index (χ1v) is 6.67. The van der Waals surface area contributed by atoms with Crippen molar-refractivity contribution in [3.8, 4) is 11.8 Å². The van der Waals surface area contributed by atoms with Gasteiger partial charge >= 0.3 is 0 Å². The van der Waals surface area contributed by atoms with E-state index in [1.807, 2.05) is 0 Å². The first-order chi connectivity index (χ1) is 10.6. The van der Waals surface area contributed by atoms with Crippen LogP contribution in [0.25, 0.3) is 11.2 Å². The highest BCUT2D eigenvalue weighted by Crippen LogP contribution is 2.32. The second-order valence-electron chi connectivity index (χ2n) is 4.81. The van der Waals surface area contributed by atoms with Gasteiger partial charge in [0.05, 0.1) is 6.33 Å². The van der Waals surface area contributed by atoms with E-state index in [1.165, 1.54) is 17.2 Å². The van der Waals surface area contributed by atoms with Gasteiger partial charge in [-0.25, -0.2) is 15.0 Å². The molecule has 0 amide bonds. The molecule has 0 saturated carbocycles. The van der Waals surface area contributed by atoms with Gasteiger partial charge in [-0.05, 0) is 19.1 Å². The van der Waals surface area contributed by atoms with Crippen molar-refractivity contribution in [2.75, 3.05) is 5.73 Å². The van der Waals surface area contributed by atoms with Gasteiger partial charge < -0.3 is 20.7 Å². The quantitative estimate of drug-likeness (QED) is 0.646. The van der Waals surface area contributed by atoms with Crippen LogP contribution in [0.3, 0.4) is 0 Å². The summed E-state index contributed by atoms with van der Waals surface area (Å²) in [7, 11) is 0. The number of imidazole rings is 1. The minimum absolute atomic E-state index is 0.242. The number of hydrogen-bond donors (Lipinski definition) is 3. The minimum atomic E-state index is -1.13. The number of nitrogen functional groups attached to an aromatic ring is 1. The van der Waals surface area contributed by atoms with Crippen LogP contribution >= 0.6 is 0 Å². The molecule has 2 aromatic heterocycles. The molecule has 1 aliphatic heterocycles. The van der Waals surface area contributed by atoms with Crippen molar-refractivity contribution in [1.82, 2.24) is 19.5 Å². The van der Waals surface area contributed by atoms with Gasteiger partial charge in [0, 0.05) is 0 Å². The number of aromatic nitrogens is 4. The Balaban J connectivity index is 1.93. The van der Waals surface area contributed by atoms with Gasteiger partial charge in [0.1, 0.15) is 30.2 Å². The molecular weight excluding hydrogens is 286 g/mol. The number of aliphatic hydroxyl groups is 2. The Morgan fingerprint density at radius 3 is 2.91 bits per heavy atom. The van der Waals surface area contributed by atoms with Crippen molar-refractivity contribution in [1.29, 1.82) is 0 Å². The molecule has 0 radical (unpaired) electrons. The molecule has 0 bridgehead atoms. The Labute approximate surface area is 126 Å². The number of nitrogens with two attached hydrogens (primary N) is 1. The maximum atomic E-state index is 10.2. The Morgan fingerprint density at radius 2 is 2.14 bits per heavy atom. The molecule has 114 valence electrons. The van der Waals surface area contributed by atoms with E-state index in [-0.39, 0.29) is 5.82 Å². The summed E-state index contributed by atoms with van der Waals surface area (Å²) in [6.45, 7) is 1.70. The third-order valence-corrected chi connectivity index (χ3v) is 3.45. The monoisotopic (exact) mass is 301 g/mol. The smallest absolute Gasteiger partial charge is 0.167 e. The predicted molar refractivity (Wildman–Crippen MR) is 78.2 cm³/mol. The van der Waals surface area contributed by atoms with Crippen LogP contribution in [-0.4, -0.2) is 48.0 Å². The van der Waals surface area contributed by atoms with E-state index in [2.05, 4.69) is 26.8 Å². The van der Waals surface area contributed by atoms with Gasteiger partial charge in [0.15, 0.2) is 17.7 Å². The first-order valence-electron chi connectivity index (χ1n) is 6.67. The number of aliphatic hydroxyl groups excluding tert-OH is 2. The van der Waals surface area contributed by atoms with E-state index < -0.39 is 24.5 Å². The van der Waals surface area contributed by atoms with Gasteiger partial charge in [-0.15, -0.1) is 5.92 Å². The van der Waals surface area contributed by atoms with Crippen molar-refractivity contribution in [3.63, 3.8) is 0 Å². The molecule has 3 heterocycles. The SMILES string of the molecule is CC#C/C=C/[C@H]1O[C@@H](n2cnc3c(N)ncnc32)[C@H](O)[C@@H]1O. The molecule has 1 saturated heterocycles. The van der Waals surface area contributed by atoms with E-state index in [0.717, 1.165) is 0 Å². The van der Waals surface area contributed by atoms with E-state index in [0.29, 0.717) is 11.2 Å². The number of fused-ring (bicyclic) bond motifs is 1. The molecule has 22 heavy (non-hydrogen) atoms. The maximum absolute atomic E-state index is 10.2. The average molecular weight is 301 g/mol. The van der Waals surface area contributed by atoms with Crippen LogP contribution in [0.5, 0.6) is 0 Å². The highest BCUT2D eigenvalue weighted by molar-refractivity contribution is 5.81. The molecular formula is C14H15N5O3. The lowest BCUT2D eigenvalue weighted by Crippen LogP contribution is -2.30. The summed E-state index contributed by atoms with van der Waals surface area (Å²) < 4.78 is 7.22. The maximum Gasteiger partial charge on any atom is 0.167 e. The summed E-state index contributed by atoms with van der Waals surface area (Å²) in [5, 5.41) is 20.3. The molecule has 0 unspecified atom stereocenters. The second kappa shape index (κ2) is 5.73. The lowest BCUT2D eigenvalue weighted by Gasteiger charge is -2.16. The zero-order valence-electron chi connectivity index (χ0n) is 11.8. The number of nitrogens with zero attached hydrogens (tertiary/aromatic N) is 4. The lowest BCUT2D eigenvalue weighted by atomic mass is 10.1. The number of hydrogen-bond acceptors (Lipinski definition) is 7. The standard InChI is InChI=1S/C14H15N5O3/c1-2-3-4-5-8-10(20)11(21)14(22-8)19-7-18-9-12(15)16-6-17-13(9)19/h4-8,10-11,14,20-21H,1H3,(H2,15,16,17)/b5-4+/t8-,10-,11-,14-/m1/s1. The van der Waals surface area contributed by atoms with Crippen molar-refractivity contribution >= 4 is 17.0 Å². The fourth-order valence-electron chi connectivity index (χ4n) is 2.36. The normalized spacial score (nSPS) is 28.1. The first kappa shape index (κ1) is 14.5. The summed E-state index contributed by atoms with van der Waals surface area (Å²) in [6.07, 6.45) is 2.25. The minimum Gasteiger partial charge on any atom is -0.387 e. The fourth-order valence-corrected chi connectivity index (χ4v) is 2.36. The molecule has 2 aromatic rings.